The summed E-state index contributed by atoms with van der Waals surface area (Å²) in [4.78, 5) is 8.60. The van der Waals surface area contributed by atoms with E-state index in [-0.39, 0.29) is 0 Å². The molecule has 0 radical (unpaired) electrons. The number of thiazole rings is 2. The van der Waals surface area contributed by atoms with Crippen molar-refractivity contribution in [3.8, 4) is 11.4 Å². The Morgan fingerprint density at radius 1 is 1.29 bits per heavy atom. The van der Waals surface area contributed by atoms with Gasteiger partial charge in [0, 0.05) is 24.9 Å². The topological polar surface area (TPSA) is 41.0 Å². The average Bonchev–Trinajstić information content (AvgIpc) is 2.69. The highest BCUT2D eigenvalue weighted by Gasteiger charge is 2.05. The fourth-order valence-electron chi connectivity index (χ4n) is 0.973. The standard InChI is InChI=1S/C8H10N4S2/c1-12(2)11-8-10-7(4-14-8)6-3-13-5-9-6/h3-5H,1-2H3,(H,10,11). The van der Waals surface area contributed by atoms with Gasteiger partial charge in [0.15, 0.2) is 5.13 Å². The molecule has 0 fully saturated rings. The van der Waals surface area contributed by atoms with E-state index < -0.39 is 0 Å². The summed E-state index contributed by atoms with van der Waals surface area (Å²) in [5.41, 5.74) is 6.79. The van der Waals surface area contributed by atoms with E-state index in [1.807, 2.05) is 35.4 Å². The van der Waals surface area contributed by atoms with E-state index in [2.05, 4.69) is 15.4 Å². The molecule has 2 aromatic rings. The zero-order valence-corrected chi connectivity index (χ0v) is 9.52. The lowest BCUT2D eigenvalue weighted by atomic mass is 10.4. The van der Waals surface area contributed by atoms with Crippen LogP contribution >= 0.6 is 22.7 Å². The molecule has 0 aromatic carbocycles. The Kier molecular flexibility index (Phi) is 2.76. The molecule has 6 heteroatoms. The smallest absolute Gasteiger partial charge is 0.197 e. The summed E-state index contributed by atoms with van der Waals surface area (Å²) in [6.45, 7) is 0. The van der Waals surface area contributed by atoms with Crippen molar-refractivity contribution in [2.45, 2.75) is 0 Å². The lowest BCUT2D eigenvalue weighted by Gasteiger charge is -2.08. The summed E-state index contributed by atoms with van der Waals surface area (Å²) in [5, 5.41) is 6.75. The Morgan fingerprint density at radius 2 is 2.14 bits per heavy atom. The van der Waals surface area contributed by atoms with Gasteiger partial charge in [-0.25, -0.2) is 15.0 Å². The Morgan fingerprint density at radius 3 is 2.79 bits per heavy atom. The third-order valence-corrected chi connectivity index (χ3v) is 2.85. The van der Waals surface area contributed by atoms with E-state index in [4.69, 9.17) is 0 Å². The van der Waals surface area contributed by atoms with E-state index in [0.717, 1.165) is 16.5 Å². The highest BCUT2D eigenvalue weighted by Crippen LogP contribution is 2.24. The van der Waals surface area contributed by atoms with E-state index in [1.165, 1.54) is 0 Å². The van der Waals surface area contributed by atoms with Crippen LogP contribution in [0.15, 0.2) is 16.3 Å². The maximum atomic E-state index is 4.40. The number of aromatic nitrogens is 2. The highest BCUT2D eigenvalue weighted by molar-refractivity contribution is 7.14. The Labute approximate surface area is 90.2 Å². The van der Waals surface area contributed by atoms with Crippen LogP contribution in [0.4, 0.5) is 5.13 Å². The molecule has 0 spiro atoms. The quantitative estimate of drug-likeness (QED) is 0.814. The molecule has 0 bridgehead atoms. The molecule has 0 atom stereocenters. The van der Waals surface area contributed by atoms with Crippen molar-refractivity contribution in [2.24, 2.45) is 0 Å². The maximum absolute atomic E-state index is 4.40. The Hall–Kier alpha value is -0.980. The van der Waals surface area contributed by atoms with Gasteiger partial charge in [0.05, 0.1) is 5.51 Å². The molecule has 0 aliphatic carbocycles. The third kappa shape index (κ3) is 2.09. The van der Waals surface area contributed by atoms with Gasteiger partial charge < -0.3 is 0 Å². The van der Waals surface area contributed by atoms with Crippen LogP contribution in [0.2, 0.25) is 0 Å². The molecular formula is C8H10N4S2. The van der Waals surface area contributed by atoms with E-state index in [0.29, 0.717) is 0 Å². The Bertz CT molecular complexity index is 393. The van der Waals surface area contributed by atoms with Gasteiger partial charge in [-0.2, -0.15) is 0 Å². The van der Waals surface area contributed by atoms with Gasteiger partial charge in [-0.1, -0.05) is 0 Å². The zero-order valence-electron chi connectivity index (χ0n) is 7.89. The number of hydrogen-bond donors (Lipinski definition) is 1. The summed E-state index contributed by atoms with van der Waals surface area (Å²) in [6, 6.07) is 0. The number of nitrogens with zero attached hydrogens (tertiary/aromatic N) is 3. The molecule has 0 saturated carbocycles. The summed E-state index contributed by atoms with van der Waals surface area (Å²) in [7, 11) is 3.87. The van der Waals surface area contributed by atoms with Gasteiger partial charge in [-0.3, -0.25) is 5.43 Å². The first-order chi connectivity index (χ1) is 6.75. The lowest BCUT2D eigenvalue weighted by Crippen LogP contribution is -2.19. The zero-order chi connectivity index (χ0) is 9.97. The predicted octanol–water partition coefficient (Wildman–Crippen LogP) is 2.16. The van der Waals surface area contributed by atoms with Crippen LogP contribution in [0.5, 0.6) is 0 Å². The minimum atomic E-state index is 0.887. The molecule has 1 N–H and O–H groups in total. The fourth-order valence-corrected chi connectivity index (χ4v) is 2.30. The van der Waals surface area contributed by atoms with Crippen LogP contribution in [0.1, 0.15) is 0 Å². The van der Waals surface area contributed by atoms with E-state index in [1.54, 1.807) is 22.7 Å². The molecule has 2 heterocycles. The average molecular weight is 226 g/mol. The first kappa shape index (κ1) is 9.57. The summed E-state index contributed by atoms with van der Waals surface area (Å²) >= 11 is 3.16. The minimum absolute atomic E-state index is 0.887. The number of hydrogen-bond acceptors (Lipinski definition) is 6. The molecule has 2 aromatic heterocycles. The number of nitrogens with one attached hydrogen (secondary N) is 1. The molecule has 74 valence electrons. The van der Waals surface area contributed by atoms with Crippen molar-refractivity contribution >= 4 is 27.8 Å². The van der Waals surface area contributed by atoms with Crippen molar-refractivity contribution in [1.82, 2.24) is 15.0 Å². The molecule has 0 unspecified atom stereocenters. The molecule has 2 rings (SSSR count). The van der Waals surface area contributed by atoms with Crippen molar-refractivity contribution in [3.63, 3.8) is 0 Å². The Balaban J connectivity index is 2.18. The van der Waals surface area contributed by atoms with Gasteiger partial charge in [0.1, 0.15) is 11.4 Å². The van der Waals surface area contributed by atoms with E-state index in [9.17, 15) is 0 Å². The number of anilines is 1. The fraction of sp³-hybridized carbons (Fsp3) is 0.250. The molecule has 0 amide bonds. The van der Waals surface area contributed by atoms with Crippen molar-refractivity contribution in [1.29, 1.82) is 0 Å². The largest absolute Gasteiger partial charge is 0.295 e. The first-order valence-electron chi connectivity index (χ1n) is 4.04. The summed E-state index contributed by atoms with van der Waals surface area (Å²) < 4.78 is 0. The molecule has 0 aliphatic heterocycles. The second-order valence-corrected chi connectivity index (χ2v) is 4.49. The van der Waals surface area contributed by atoms with Gasteiger partial charge >= 0.3 is 0 Å². The second kappa shape index (κ2) is 4.04. The van der Waals surface area contributed by atoms with Crippen LogP contribution < -0.4 is 5.43 Å². The number of rotatable bonds is 3. The van der Waals surface area contributed by atoms with Crippen LogP contribution in [-0.2, 0) is 0 Å². The van der Waals surface area contributed by atoms with Crippen LogP contribution in [-0.4, -0.2) is 29.1 Å². The minimum Gasteiger partial charge on any atom is -0.295 e. The molecular weight excluding hydrogens is 216 g/mol. The van der Waals surface area contributed by atoms with Crippen LogP contribution in [0.3, 0.4) is 0 Å². The molecule has 14 heavy (non-hydrogen) atoms. The molecule has 0 aliphatic rings. The van der Waals surface area contributed by atoms with Crippen LogP contribution in [0, 0.1) is 0 Å². The highest BCUT2D eigenvalue weighted by atomic mass is 32.1. The summed E-state index contributed by atoms with van der Waals surface area (Å²) in [5.74, 6) is 0. The molecule has 0 saturated heterocycles. The van der Waals surface area contributed by atoms with E-state index >= 15 is 0 Å². The SMILES string of the molecule is CN(C)Nc1nc(-c2cscn2)cs1. The van der Waals surface area contributed by atoms with Crippen LogP contribution in [0.25, 0.3) is 11.4 Å². The number of hydrazine groups is 1. The lowest BCUT2D eigenvalue weighted by molar-refractivity contribution is 0.495. The first-order valence-corrected chi connectivity index (χ1v) is 5.86. The summed E-state index contributed by atoms with van der Waals surface area (Å²) in [6.07, 6.45) is 0. The van der Waals surface area contributed by atoms with Crippen molar-refractivity contribution in [2.75, 3.05) is 19.5 Å². The second-order valence-electron chi connectivity index (χ2n) is 2.92. The van der Waals surface area contributed by atoms with Gasteiger partial charge in [-0.15, -0.1) is 22.7 Å². The van der Waals surface area contributed by atoms with Gasteiger partial charge in [0.25, 0.3) is 0 Å². The van der Waals surface area contributed by atoms with Gasteiger partial charge in [-0.05, 0) is 0 Å². The monoisotopic (exact) mass is 226 g/mol. The van der Waals surface area contributed by atoms with Crippen molar-refractivity contribution < 1.29 is 0 Å². The molecule has 4 nitrogen and oxygen atoms in total. The maximum Gasteiger partial charge on any atom is 0.197 e. The van der Waals surface area contributed by atoms with Crippen molar-refractivity contribution in [3.05, 3.63) is 16.3 Å². The predicted molar refractivity (Wildman–Crippen MR) is 60.5 cm³/mol. The van der Waals surface area contributed by atoms with Gasteiger partial charge in [0.2, 0.25) is 0 Å². The normalized spacial score (nSPS) is 10.8. The third-order valence-electron chi connectivity index (χ3n) is 1.52.